The second-order valence-corrected chi connectivity index (χ2v) is 8.41. The lowest BCUT2D eigenvalue weighted by Gasteiger charge is -2.13. The molecule has 0 spiro atoms. The molecule has 2 atom stereocenters. The molecule has 0 aliphatic carbocycles. The lowest BCUT2D eigenvalue weighted by Crippen LogP contribution is -2.33. The zero-order valence-corrected chi connectivity index (χ0v) is 16.1. The van der Waals surface area contributed by atoms with E-state index in [-0.39, 0.29) is 11.1 Å². The molecule has 2 N–H and O–H groups in total. The maximum Gasteiger partial charge on any atom is 0.321 e. The van der Waals surface area contributed by atoms with E-state index < -0.39 is 16.9 Å². The number of rotatable bonds is 5. The molecule has 2 aromatic carbocycles. The summed E-state index contributed by atoms with van der Waals surface area (Å²) < 4.78 is 0. The molecule has 0 bridgehead atoms. The molecule has 0 saturated carbocycles. The van der Waals surface area contributed by atoms with E-state index in [9.17, 15) is 14.9 Å². The van der Waals surface area contributed by atoms with Crippen LogP contribution >= 0.6 is 23.5 Å². The molecule has 3 aromatic rings. The number of aromatic nitrogens is 1. The monoisotopic (exact) mass is 413 g/mol. The Morgan fingerprint density at radius 3 is 2.82 bits per heavy atom. The highest BCUT2D eigenvalue weighted by Crippen LogP contribution is 2.41. The van der Waals surface area contributed by atoms with E-state index in [1.807, 2.05) is 36.4 Å². The summed E-state index contributed by atoms with van der Waals surface area (Å²) in [4.78, 5) is 28.1. The second kappa shape index (κ2) is 7.78. The van der Waals surface area contributed by atoms with Gasteiger partial charge in [-0.15, -0.1) is 11.8 Å². The normalized spacial score (nSPS) is 19.0. The molecule has 2 heterocycles. The fourth-order valence-electron chi connectivity index (χ4n) is 3.01. The Kier molecular flexibility index (Phi) is 5.21. The third kappa shape index (κ3) is 3.68. The number of hydrogen-bond acceptors (Lipinski definition) is 7. The zero-order chi connectivity index (χ0) is 19.7. The van der Waals surface area contributed by atoms with Gasteiger partial charge in [-0.2, -0.15) is 0 Å². The fourth-order valence-corrected chi connectivity index (χ4v) is 5.26. The largest absolute Gasteiger partial charge is 0.480 e. The first-order valence-corrected chi connectivity index (χ1v) is 10.3. The molecular formula is C19H15N3O4S2. The number of carboxylic acid groups (broad SMARTS) is 1. The molecule has 1 saturated heterocycles. The van der Waals surface area contributed by atoms with Crippen molar-refractivity contribution in [2.24, 2.45) is 0 Å². The lowest BCUT2D eigenvalue weighted by atomic mass is 10.2. The van der Waals surface area contributed by atoms with Crippen molar-refractivity contribution in [3.63, 3.8) is 0 Å². The summed E-state index contributed by atoms with van der Waals surface area (Å²) in [5.41, 5.74) is 1.49. The van der Waals surface area contributed by atoms with Crippen molar-refractivity contribution < 1.29 is 14.8 Å². The van der Waals surface area contributed by atoms with Crippen LogP contribution < -0.4 is 5.32 Å². The number of pyridine rings is 1. The van der Waals surface area contributed by atoms with Crippen molar-refractivity contribution in [3.05, 3.63) is 70.4 Å². The van der Waals surface area contributed by atoms with Crippen molar-refractivity contribution in [2.45, 2.75) is 21.2 Å². The summed E-state index contributed by atoms with van der Waals surface area (Å²) in [5.74, 6) is -0.494. The van der Waals surface area contributed by atoms with Gasteiger partial charge in [0.15, 0.2) is 0 Å². The summed E-state index contributed by atoms with van der Waals surface area (Å²) in [6.07, 6.45) is 1.70. The van der Waals surface area contributed by atoms with Gasteiger partial charge in [0.05, 0.1) is 20.7 Å². The summed E-state index contributed by atoms with van der Waals surface area (Å²) in [6, 6.07) is 13.9. The average Bonchev–Trinajstić information content (AvgIpc) is 3.19. The Morgan fingerprint density at radius 1 is 1.25 bits per heavy atom. The van der Waals surface area contributed by atoms with Crippen LogP contribution in [0.5, 0.6) is 0 Å². The van der Waals surface area contributed by atoms with Crippen LogP contribution in [0.2, 0.25) is 0 Å². The van der Waals surface area contributed by atoms with E-state index in [2.05, 4.69) is 10.3 Å². The number of hydrogen-bond donors (Lipinski definition) is 2. The number of thioether (sulfide) groups is 1. The number of nitrogens with one attached hydrogen (secondary N) is 1. The summed E-state index contributed by atoms with van der Waals surface area (Å²) in [6.45, 7) is 0. The molecule has 4 rings (SSSR count). The van der Waals surface area contributed by atoms with Gasteiger partial charge in [-0.1, -0.05) is 36.0 Å². The molecule has 1 aromatic heterocycles. The molecule has 28 heavy (non-hydrogen) atoms. The van der Waals surface area contributed by atoms with Gasteiger partial charge < -0.3 is 5.11 Å². The van der Waals surface area contributed by atoms with Gasteiger partial charge in [0, 0.05) is 28.3 Å². The van der Waals surface area contributed by atoms with Crippen LogP contribution in [0.15, 0.2) is 64.5 Å². The van der Waals surface area contributed by atoms with Crippen LogP contribution in [0.1, 0.15) is 10.9 Å². The Bertz CT molecular complexity index is 1070. The molecular weight excluding hydrogens is 398 g/mol. The molecule has 1 aliphatic rings. The van der Waals surface area contributed by atoms with Crippen LogP contribution in [-0.2, 0) is 4.79 Å². The molecule has 142 valence electrons. The number of para-hydroxylation sites is 1. The number of carboxylic acids is 1. The van der Waals surface area contributed by atoms with E-state index in [1.165, 1.54) is 29.6 Å². The van der Waals surface area contributed by atoms with E-state index in [0.29, 0.717) is 16.2 Å². The van der Waals surface area contributed by atoms with Crippen molar-refractivity contribution in [1.82, 2.24) is 10.3 Å². The third-order valence-corrected chi connectivity index (χ3v) is 6.76. The predicted molar refractivity (Wildman–Crippen MR) is 109 cm³/mol. The predicted octanol–water partition coefficient (Wildman–Crippen LogP) is 4.08. The van der Waals surface area contributed by atoms with Crippen molar-refractivity contribution >= 4 is 46.1 Å². The number of nitro benzene ring substituents is 1. The first kappa shape index (κ1) is 18.7. The lowest BCUT2D eigenvalue weighted by molar-refractivity contribution is -0.387. The maximum absolute atomic E-state index is 11.7. The molecule has 0 radical (unpaired) electrons. The highest BCUT2D eigenvalue weighted by Gasteiger charge is 2.31. The summed E-state index contributed by atoms with van der Waals surface area (Å²) >= 11 is 2.74. The number of nitro groups is 1. The molecule has 7 nitrogen and oxygen atoms in total. The van der Waals surface area contributed by atoms with Crippen LogP contribution in [-0.4, -0.2) is 32.8 Å². The molecule has 9 heteroatoms. The quantitative estimate of drug-likeness (QED) is 0.476. The molecule has 1 fully saturated rings. The number of nitrogens with zero attached hydrogens (tertiary/aromatic N) is 2. The van der Waals surface area contributed by atoms with Gasteiger partial charge in [0.25, 0.3) is 5.69 Å². The van der Waals surface area contributed by atoms with E-state index in [0.717, 1.165) is 15.8 Å². The van der Waals surface area contributed by atoms with Crippen LogP contribution in [0.3, 0.4) is 0 Å². The third-order valence-electron chi connectivity index (χ3n) is 4.38. The highest BCUT2D eigenvalue weighted by molar-refractivity contribution is 8.00. The topological polar surface area (TPSA) is 105 Å². The second-order valence-electron chi connectivity index (χ2n) is 6.19. The van der Waals surface area contributed by atoms with Crippen molar-refractivity contribution in [3.8, 4) is 0 Å². The van der Waals surface area contributed by atoms with Gasteiger partial charge in [0.1, 0.15) is 6.04 Å². The Hall–Kier alpha value is -2.62. The van der Waals surface area contributed by atoms with Gasteiger partial charge in [-0.05, 0) is 23.8 Å². The molecule has 0 amide bonds. The minimum Gasteiger partial charge on any atom is -0.480 e. The Balaban J connectivity index is 1.66. The van der Waals surface area contributed by atoms with E-state index in [4.69, 9.17) is 5.11 Å². The Morgan fingerprint density at radius 2 is 2.07 bits per heavy atom. The van der Waals surface area contributed by atoms with Gasteiger partial charge in [-0.25, -0.2) is 0 Å². The first-order valence-electron chi connectivity index (χ1n) is 8.43. The number of aliphatic carboxylic acids is 1. The van der Waals surface area contributed by atoms with Crippen LogP contribution in [0.4, 0.5) is 5.69 Å². The Labute approximate surface area is 168 Å². The summed E-state index contributed by atoms with van der Waals surface area (Å²) in [5, 5.41) is 24.5. The van der Waals surface area contributed by atoms with Crippen LogP contribution in [0, 0.1) is 10.1 Å². The molecule has 0 unspecified atom stereocenters. The van der Waals surface area contributed by atoms with Gasteiger partial charge in [0.2, 0.25) is 0 Å². The van der Waals surface area contributed by atoms with Crippen molar-refractivity contribution in [2.75, 3.05) is 5.75 Å². The van der Waals surface area contributed by atoms with E-state index in [1.54, 1.807) is 12.3 Å². The zero-order valence-electron chi connectivity index (χ0n) is 14.4. The fraction of sp³-hybridized carbons (Fsp3) is 0.158. The van der Waals surface area contributed by atoms with Gasteiger partial charge >= 0.3 is 5.97 Å². The van der Waals surface area contributed by atoms with E-state index >= 15 is 0 Å². The highest BCUT2D eigenvalue weighted by atomic mass is 32.2. The minimum absolute atomic E-state index is 0.00314. The summed E-state index contributed by atoms with van der Waals surface area (Å²) in [7, 11) is 0. The van der Waals surface area contributed by atoms with Gasteiger partial charge in [-0.3, -0.25) is 25.2 Å². The molecule has 1 aliphatic heterocycles. The number of fused-ring (bicyclic) bond motifs is 1. The average molecular weight is 413 g/mol. The smallest absolute Gasteiger partial charge is 0.321 e. The maximum atomic E-state index is 11.7. The van der Waals surface area contributed by atoms with Crippen LogP contribution in [0.25, 0.3) is 10.9 Å². The van der Waals surface area contributed by atoms with Crippen molar-refractivity contribution in [1.29, 1.82) is 0 Å². The SMILES string of the molecule is O=C(O)[C@@H]1CS[C@H](c2ccc(Sc3cccc4cccnc34)c([N+](=O)[O-])c2)N1. The standard InChI is InChI=1S/C19H15N3O4S2/c23-19(24)13-10-27-18(21-13)12-6-7-15(14(9-12)22(25)26)28-16-5-1-3-11-4-2-8-20-17(11)16/h1-9,13,18,21H,10H2,(H,23,24)/t13-,18+/m0/s1. The number of benzene rings is 2. The number of carbonyl (C=O) groups is 1. The first-order chi connectivity index (χ1) is 13.5. The minimum atomic E-state index is -0.917.